The van der Waals surface area contributed by atoms with Crippen molar-refractivity contribution < 1.29 is 8.76 Å². The molecule has 1 atom stereocenters. The molecule has 0 aliphatic carbocycles. The molecule has 0 aliphatic heterocycles. The molecule has 4 heteroatoms. The van der Waals surface area contributed by atoms with Gasteiger partial charge >= 0.3 is 0 Å². The third-order valence-electron chi connectivity index (χ3n) is 0.0786. The van der Waals surface area contributed by atoms with Gasteiger partial charge in [-0.05, 0) is 11.1 Å². The molecule has 0 spiro atoms. The van der Waals surface area contributed by atoms with Crippen molar-refractivity contribution in [1.29, 1.82) is 0 Å². The van der Waals surface area contributed by atoms with Crippen LogP contribution in [0.4, 0.5) is 0 Å². The summed E-state index contributed by atoms with van der Waals surface area (Å²) in [6, 6.07) is 0. The largest absolute Gasteiger partial charge is 0.768 e. The molecule has 0 saturated heterocycles. The highest BCUT2D eigenvalue weighted by atomic mass is 32.2. The molecule has 1 unspecified atom stereocenters. The first-order chi connectivity index (χ1) is 2.27. The number of hydrogen-bond acceptors (Lipinski definition) is 3. The zero-order chi connectivity index (χ0) is 4.28. The zero-order valence-corrected chi connectivity index (χ0v) is 3.84. The van der Waals surface area contributed by atoms with Crippen molar-refractivity contribution in [3.05, 3.63) is 0 Å². The lowest BCUT2D eigenvalue weighted by molar-refractivity contribution is 0.551. The van der Waals surface area contributed by atoms with Crippen molar-refractivity contribution in [3.63, 3.8) is 0 Å². The second-order valence-corrected chi connectivity index (χ2v) is 1.65. The van der Waals surface area contributed by atoms with Gasteiger partial charge in [0.2, 0.25) is 0 Å². The molecule has 0 aromatic rings. The van der Waals surface area contributed by atoms with Gasteiger partial charge in [-0.1, -0.05) is 12.2 Å². The summed E-state index contributed by atoms with van der Waals surface area (Å²) in [7, 11) is 0. The van der Waals surface area contributed by atoms with Crippen LogP contribution in [0.1, 0.15) is 0 Å². The highest BCUT2D eigenvalue weighted by molar-refractivity contribution is 8.07. The third-order valence-corrected chi connectivity index (χ3v) is 0.707. The van der Waals surface area contributed by atoms with E-state index in [-0.39, 0.29) is 0 Å². The van der Waals surface area contributed by atoms with Gasteiger partial charge in [0.25, 0.3) is 0 Å². The van der Waals surface area contributed by atoms with Gasteiger partial charge in [0.15, 0.2) is 0 Å². The van der Waals surface area contributed by atoms with Crippen LogP contribution in [0.25, 0.3) is 0 Å². The number of thiocarbonyl (C=S) groups is 1. The van der Waals surface area contributed by atoms with Crippen molar-refractivity contribution in [2.45, 2.75) is 0 Å². The second kappa shape index (κ2) is 2.44. The first-order valence-electron chi connectivity index (χ1n) is 0.805. The predicted molar refractivity (Wildman–Crippen MR) is 22.6 cm³/mol. The third kappa shape index (κ3) is 4.20. The maximum Gasteiger partial charge on any atom is 0.0517 e. The average Bonchev–Trinajstić information content (AvgIpc) is 1.38. The van der Waals surface area contributed by atoms with E-state index >= 15 is 0 Å². The van der Waals surface area contributed by atoms with Gasteiger partial charge < -0.3 is 4.55 Å². The molecule has 0 rings (SSSR count). The molecule has 0 amide bonds. The molecule has 0 aliphatic rings. The predicted octanol–water partition coefficient (Wildman–Crippen LogP) is -0.177. The lowest BCUT2D eigenvalue weighted by Crippen LogP contribution is -1.79. The van der Waals surface area contributed by atoms with Crippen LogP contribution in [0.5, 0.6) is 0 Å². The smallest absolute Gasteiger partial charge is 0.0517 e. The second-order valence-electron chi connectivity index (χ2n) is 0.357. The van der Waals surface area contributed by atoms with Crippen molar-refractivity contribution in [3.8, 4) is 0 Å². The van der Waals surface area contributed by atoms with Crippen molar-refractivity contribution >= 4 is 28.0 Å². The fraction of sp³-hybridized carbons (Fsp3) is 0. The molecule has 0 radical (unpaired) electrons. The normalized spacial score (nSPS) is 13.8. The van der Waals surface area contributed by atoms with Crippen LogP contribution in [0.15, 0.2) is 0 Å². The van der Waals surface area contributed by atoms with E-state index in [1.165, 1.54) is 0 Å². The SMILES string of the molecule is O=S([O-])C=S. The Balaban J connectivity index is 3.20. The van der Waals surface area contributed by atoms with E-state index in [1.54, 1.807) is 0 Å². The van der Waals surface area contributed by atoms with E-state index in [4.69, 9.17) is 0 Å². The van der Waals surface area contributed by atoms with E-state index in [0.717, 1.165) is 0 Å². The minimum Gasteiger partial charge on any atom is -0.768 e. The summed E-state index contributed by atoms with van der Waals surface area (Å²) in [5.74, 6) is 0. The van der Waals surface area contributed by atoms with Gasteiger partial charge in [0.1, 0.15) is 0 Å². The Hall–Kier alpha value is 0.200. The van der Waals surface area contributed by atoms with Crippen LogP contribution < -0.4 is 0 Å². The Bertz CT molecular complexity index is 58.7. The van der Waals surface area contributed by atoms with E-state index in [2.05, 4.69) is 12.2 Å². The van der Waals surface area contributed by atoms with E-state index in [1.807, 2.05) is 0 Å². The molecule has 5 heavy (non-hydrogen) atoms. The minimum atomic E-state index is -2.13. The topological polar surface area (TPSA) is 40.1 Å². The summed E-state index contributed by atoms with van der Waals surface area (Å²) in [4.78, 5) is 0. The van der Waals surface area contributed by atoms with Gasteiger partial charge in [0.05, 0.1) is 4.70 Å². The molecule has 0 saturated carbocycles. The number of hydrogen-bond donors (Lipinski definition) is 0. The van der Waals surface area contributed by atoms with Crippen LogP contribution in [-0.2, 0) is 11.1 Å². The fourth-order valence-corrected chi connectivity index (χ4v) is 0. The van der Waals surface area contributed by atoms with E-state index in [9.17, 15) is 8.76 Å². The van der Waals surface area contributed by atoms with Crippen LogP contribution >= 0.6 is 12.2 Å². The minimum absolute atomic E-state index is 0.667. The first-order valence-corrected chi connectivity index (χ1v) is 2.41. The van der Waals surface area contributed by atoms with Gasteiger partial charge in [-0.3, -0.25) is 4.21 Å². The lowest BCUT2D eigenvalue weighted by Gasteiger charge is -1.86. The van der Waals surface area contributed by atoms with Gasteiger partial charge in [-0.15, -0.1) is 0 Å². The molecular weight excluding hydrogens is 108 g/mol. The summed E-state index contributed by atoms with van der Waals surface area (Å²) in [5, 5.41) is 0. The first kappa shape index (κ1) is 5.20. The van der Waals surface area contributed by atoms with Crippen LogP contribution in [0.2, 0.25) is 0 Å². The summed E-state index contributed by atoms with van der Waals surface area (Å²) in [6.45, 7) is 0. The zero-order valence-electron chi connectivity index (χ0n) is 2.21. The molecule has 2 nitrogen and oxygen atoms in total. The van der Waals surface area contributed by atoms with Crippen LogP contribution in [-0.4, -0.2) is 13.5 Å². The van der Waals surface area contributed by atoms with Gasteiger partial charge in [-0.25, -0.2) is 0 Å². The van der Waals surface area contributed by atoms with Crippen LogP contribution in [0, 0.1) is 0 Å². The summed E-state index contributed by atoms with van der Waals surface area (Å²) < 4.78 is 19.1. The van der Waals surface area contributed by atoms with Crippen LogP contribution in [0.3, 0.4) is 0 Å². The fourth-order valence-electron chi connectivity index (χ4n) is 0. The van der Waals surface area contributed by atoms with Gasteiger partial charge in [-0.2, -0.15) is 0 Å². The molecule has 0 N–H and O–H groups in total. The van der Waals surface area contributed by atoms with Crippen molar-refractivity contribution in [2.75, 3.05) is 0 Å². The maximum absolute atomic E-state index is 9.21. The Morgan fingerprint density at radius 1 is 2.00 bits per heavy atom. The highest BCUT2D eigenvalue weighted by Crippen LogP contribution is 1.56. The van der Waals surface area contributed by atoms with E-state index < -0.39 is 11.1 Å². The molecule has 0 heterocycles. The Labute approximate surface area is 37.5 Å². The molecule has 0 fully saturated rings. The van der Waals surface area contributed by atoms with Gasteiger partial charge in [0, 0.05) is 0 Å². The maximum atomic E-state index is 9.21. The molecule has 0 bridgehead atoms. The standard InChI is InChI=1S/CH2O2S2/c2-5(3)1-4/h1H,(H,2,3)/p-1. The Morgan fingerprint density at radius 2 is 2.20 bits per heavy atom. The molecule has 30 valence electrons. The quantitative estimate of drug-likeness (QED) is 0.346. The van der Waals surface area contributed by atoms with Crippen molar-refractivity contribution in [2.24, 2.45) is 0 Å². The lowest BCUT2D eigenvalue weighted by atomic mass is 11.9. The molecular formula is CHO2S2-. The summed E-state index contributed by atoms with van der Waals surface area (Å²) in [5.41, 5.74) is 0. The molecule has 0 aromatic carbocycles. The number of rotatable bonds is 1. The van der Waals surface area contributed by atoms with Crippen molar-refractivity contribution in [1.82, 2.24) is 0 Å². The molecule has 0 aromatic heterocycles. The Kier molecular flexibility index (Phi) is 2.54. The average molecular weight is 109 g/mol. The monoisotopic (exact) mass is 109 g/mol. The highest BCUT2D eigenvalue weighted by Gasteiger charge is 1.54. The van der Waals surface area contributed by atoms with E-state index in [0.29, 0.717) is 4.70 Å². The summed E-state index contributed by atoms with van der Waals surface area (Å²) >= 11 is 1.81. The summed E-state index contributed by atoms with van der Waals surface area (Å²) in [6.07, 6.45) is 0. The Morgan fingerprint density at radius 3 is 2.20 bits per heavy atom.